The van der Waals surface area contributed by atoms with Crippen LogP contribution in [-0.2, 0) is 30.0 Å². The van der Waals surface area contributed by atoms with Crippen LogP contribution in [0.25, 0.3) is 0 Å². The average Bonchev–Trinajstić information content (AvgIpc) is 2.82. The Kier molecular flexibility index (Phi) is 9.27. The van der Waals surface area contributed by atoms with Gasteiger partial charge < -0.3 is 18.9 Å². The molecule has 0 heterocycles. The van der Waals surface area contributed by atoms with Gasteiger partial charge in [0.2, 0.25) is 4.90 Å². The zero-order valence-corrected chi connectivity index (χ0v) is 23.1. The van der Waals surface area contributed by atoms with E-state index < -0.39 is 34.0 Å². The summed E-state index contributed by atoms with van der Waals surface area (Å²) in [5, 5.41) is 0. The second kappa shape index (κ2) is 12.2. The summed E-state index contributed by atoms with van der Waals surface area (Å²) in [5.74, 6) is -0.0407. The minimum absolute atomic E-state index is 0.245. The van der Waals surface area contributed by atoms with Gasteiger partial charge in [0.25, 0.3) is 0 Å². The van der Waals surface area contributed by atoms with Crippen LogP contribution < -0.4 is 9.47 Å². The smallest absolute Gasteiger partial charge is 0.344 e. The predicted molar refractivity (Wildman–Crippen MR) is 144 cm³/mol. The summed E-state index contributed by atoms with van der Waals surface area (Å²) in [6, 6.07) is 25.6. The first-order chi connectivity index (χ1) is 17.4. The van der Waals surface area contributed by atoms with Crippen LogP contribution in [0.2, 0.25) is 0 Å². The second-order valence-electron chi connectivity index (χ2n) is 10.3. The van der Waals surface area contributed by atoms with Gasteiger partial charge in [0.05, 0.1) is 0 Å². The zero-order chi connectivity index (χ0) is 27.1. The van der Waals surface area contributed by atoms with Crippen molar-refractivity contribution in [3.8, 4) is 11.5 Å². The van der Waals surface area contributed by atoms with E-state index >= 15 is 0 Å². The van der Waals surface area contributed by atoms with Gasteiger partial charge in [-0.25, -0.2) is 9.59 Å². The first kappa shape index (κ1) is 28.1. The number of rotatable bonds is 9. The van der Waals surface area contributed by atoms with Crippen LogP contribution in [0.15, 0.2) is 93.5 Å². The molecule has 0 aliphatic carbocycles. The maximum absolute atomic E-state index is 12.4. The van der Waals surface area contributed by atoms with E-state index in [0.717, 1.165) is 14.7 Å². The summed E-state index contributed by atoms with van der Waals surface area (Å²) >= 11 is 0. The van der Waals surface area contributed by atoms with E-state index in [2.05, 4.69) is 24.3 Å². The van der Waals surface area contributed by atoms with Crippen molar-refractivity contribution in [1.82, 2.24) is 0 Å². The molecule has 0 fully saturated rings. The summed E-state index contributed by atoms with van der Waals surface area (Å²) in [6.45, 7) is 10.3. The van der Waals surface area contributed by atoms with Gasteiger partial charge in [-0.05, 0) is 71.9 Å². The molecule has 0 aromatic heterocycles. The number of benzene rings is 3. The molecular weight excluding hydrogens is 488 g/mol. The molecule has 196 valence electrons. The SMILES string of the molecule is CC(C)(C)OC(=O)COc1ccc([S+](c2ccccc2)c2ccccc2)c(OCC(=O)OC(C)(C)C)c1. The number of carbonyl (C=O) groups excluding carboxylic acids is 2. The standard InChI is InChI=1S/C30H35O6S/c1-29(2,3)35-27(31)20-33-22-17-18-26(25(19-22)34-21-28(32)36-30(4,5)6)37(23-13-9-7-10-14-23)24-15-11-8-12-16-24/h7-19H,20-21H2,1-6H3/q+1. The van der Waals surface area contributed by atoms with Crippen LogP contribution in [0, 0.1) is 0 Å². The molecule has 7 heteroatoms. The Morgan fingerprint density at radius 2 is 1.11 bits per heavy atom. The monoisotopic (exact) mass is 523 g/mol. The first-order valence-corrected chi connectivity index (χ1v) is 13.3. The molecule has 6 nitrogen and oxygen atoms in total. The van der Waals surface area contributed by atoms with E-state index in [9.17, 15) is 9.59 Å². The molecule has 0 N–H and O–H groups in total. The van der Waals surface area contributed by atoms with Crippen molar-refractivity contribution in [2.24, 2.45) is 0 Å². The van der Waals surface area contributed by atoms with Gasteiger partial charge in [-0.1, -0.05) is 36.4 Å². The lowest BCUT2D eigenvalue weighted by molar-refractivity contribution is -0.158. The third-order valence-electron chi connectivity index (χ3n) is 4.64. The van der Waals surface area contributed by atoms with E-state index in [1.165, 1.54) is 0 Å². The number of carbonyl (C=O) groups is 2. The highest BCUT2D eigenvalue weighted by Gasteiger charge is 2.33. The fourth-order valence-corrected chi connectivity index (χ4v) is 5.55. The molecule has 0 saturated heterocycles. The third-order valence-corrected chi connectivity index (χ3v) is 6.90. The Morgan fingerprint density at radius 3 is 1.57 bits per heavy atom. The molecule has 0 aliphatic heterocycles. The molecule has 0 unspecified atom stereocenters. The summed E-state index contributed by atoms with van der Waals surface area (Å²) in [4.78, 5) is 27.7. The van der Waals surface area contributed by atoms with E-state index in [-0.39, 0.29) is 13.2 Å². The van der Waals surface area contributed by atoms with Gasteiger partial charge in [-0.3, -0.25) is 0 Å². The van der Waals surface area contributed by atoms with Crippen molar-refractivity contribution in [1.29, 1.82) is 0 Å². The number of hydrogen-bond donors (Lipinski definition) is 0. The van der Waals surface area contributed by atoms with Crippen LogP contribution in [-0.4, -0.2) is 36.4 Å². The molecule has 0 spiro atoms. The maximum atomic E-state index is 12.4. The third kappa shape index (κ3) is 9.17. The minimum atomic E-state index is -0.625. The highest BCUT2D eigenvalue weighted by molar-refractivity contribution is 7.97. The van der Waals surface area contributed by atoms with Crippen LogP contribution in [0.4, 0.5) is 0 Å². The molecular formula is C30H35O6S+. The summed E-state index contributed by atoms with van der Waals surface area (Å²) in [6.07, 6.45) is 0. The lowest BCUT2D eigenvalue weighted by atomic mass is 10.2. The Balaban J connectivity index is 1.96. The van der Waals surface area contributed by atoms with Crippen molar-refractivity contribution in [2.45, 2.75) is 67.4 Å². The van der Waals surface area contributed by atoms with Crippen LogP contribution in [0.1, 0.15) is 41.5 Å². The summed E-state index contributed by atoms with van der Waals surface area (Å²) < 4.78 is 22.5. The van der Waals surface area contributed by atoms with E-state index in [1.807, 2.05) is 63.2 Å². The highest BCUT2D eigenvalue weighted by atomic mass is 32.2. The Hall–Kier alpha value is -3.45. The highest BCUT2D eigenvalue weighted by Crippen LogP contribution is 2.38. The lowest BCUT2D eigenvalue weighted by Crippen LogP contribution is -2.27. The number of esters is 2. The normalized spacial score (nSPS) is 11.6. The Morgan fingerprint density at radius 1 is 0.649 bits per heavy atom. The zero-order valence-electron chi connectivity index (χ0n) is 22.3. The first-order valence-electron chi connectivity index (χ1n) is 12.1. The van der Waals surface area contributed by atoms with Gasteiger partial charge in [-0.2, -0.15) is 0 Å². The second-order valence-corrected chi connectivity index (χ2v) is 12.3. The Labute approximate surface area is 222 Å². The van der Waals surface area contributed by atoms with Gasteiger partial charge in [-0.15, -0.1) is 0 Å². The van der Waals surface area contributed by atoms with Crippen molar-refractivity contribution in [2.75, 3.05) is 13.2 Å². The van der Waals surface area contributed by atoms with Crippen LogP contribution in [0.3, 0.4) is 0 Å². The Bertz CT molecular complexity index is 1140. The molecule has 0 atom stereocenters. The van der Waals surface area contributed by atoms with Crippen LogP contribution >= 0.6 is 0 Å². The van der Waals surface area contributed by atoms with Crippen molar-refractivity contribution >= 4 is 22.8 Å². The molecule has 0 amide bonds. The molecule has 3 rings (SSSR count). The predicted octanol–water partition coefficient (Wildman–Crippen LogP) is 6.22. The van der Waals surface area contributed by atoms with Gasteiger partial charge in [0.1, 0.15) is 27.8 Å². The van der Waals surface area contributed by atoms with E-state index in [0.29, 0.717) is 11.5 Å². The topological polar surface area (TPSA) is 71.1 Å². The van der Waals surface area contributed by atoms with Gasteiger partial charge in [0.15, 0.2) is 28.8 Å². The minimum Gasteiger partial charge on any atom is -0.482 e. The number of ether oxygens (including phenoxy) is 4. The molecule has 3 aromatic carbocycles. The van der Waals surface area contributed by atoms with Gasteiger partial charge in [0, 0.05) is 12.1 Å². The maximum Gasteiger partial charge on any atom is 0.344 e. The van der Waals surface area contributed by atoms with E-state index in [1.54, 1.807) is 32.9 Å². The summed E-state index contributed by atoms with van der Waals surface area (Å²) in [5.41, 5.74) is -1.23. The van der Waals surface area contributed by atoms with Crippen LogP contribution in [0.5, 0.6) is 11.5 Å². The fraction of sp³-hybridized carbons (Fsp3) is 0.333. The fourth-order valence-electron chi connectivity index (χ4n) is 3.38. The molecule has 0 radical (unpaired) electrons. The summed E-state index contributed by atoms with van der Waals surface area (Å²) in [7, 11) is -0.519. The molecule has 37 heavy (non-hydrogen) atoms. The number of hydrogen-bond acceptors (Lipinski definition) is 6. The molecule has 0 aliphatic rings. The lowest BCUT2D eigenvalue weighted by Gasteiger charge is -2.20. The molecule has 0 saturated carbocycles. The van der Waals surface area contributed by atoms with Crippen molar-refractivity contribution in [3.63, 3.8) is 0 Å². The largest absolute Gasteiger partial charge is 0.482 e. The van der Waals surface area contributed by atoms with Crippen molar-refractivity contribution in [3.05, 3.63) is 78.9 Å². The average molecular weight is 524 g/mol. The van der Waals surface area contributed by atoms with Gasteiger partial charge >= 0.3 is 11.9 Å². The molecule has 0 bridgehead atoms. The quantitative estimate of drug-likeness (QED) is 0.245. The van der Waals surface area contributed by atoms with Crippen molar-refractivity contribution < 1.29 is 28.5 Å². The molecule has 3 aromatic rings. The van der Waals surface area contributed by atoms with E-state index in [4.69, 9.17) is 18.9 Å².